The first-order valence-electron chi connectivity index (χ1n) is 6.78. The van der Waals surface area contributed by atoms with E-state index in [1.807, 2.05) is 6.07 Å². The number of nitrogens with one attached hydrogen (secondary N) is 2. The second kappa shape index (κ2) is 6.27. The molecule has 3 aromatic rings. The summed E-state index contributed by atoms with van der Waals surface area (Å²) >= 11 is 0. The molecule has 116 valence electrons. The highest BCUT2D eigenvalue weighted by molar-refractivity contribution is 6.07. The van der Waals surface area contributed by atoms with Crippen molar-refractivity contribution in [2.75, 3.05) is 12.4 Å². The third-order valence-corrected chi connectivity index (χ3v) is 3.21. The van der Waals surface area contributed by atoms with Gasteiger partial charge < -0.3 is 10.1 Å². The fourth-order valence-corrected chi connectivity index (χ4v) is 2.13. The number of benzene rings is 1. The van der Waals surface area contributed by atoms with E-state index in [0.717, 1.165) is 6.07 Å². The number of aromatic nitrogens is 3. The summed E-state index contributed by atoms with van der Waals surface area (Å²) in [7, 11) is 1.42. The van der Waals surface area contributed by atoms with E-state index in [2.05, 4.69) is 20.5 Å². The molecule has 0 aliphatic carbocycles. The number of hydrogen-bond donors (Lipinski definition) is 2. The zero-order chi connectivity index (χ0) is 16.2. The molecule has 0 atom stereocenters. The Morgan fingerprint density at radius 1 is 1.30 bits per heavy atom. The molecular formula is C16H13FN4O2. The first-order valence-corrected chi connectivity index (χ1v) is 6.78. The van der Waals surface area contributed by atoms with Gasteiger partial charge in [-0.2, -0.15) is 5.10 Å². The van der Waals surface area contributed by atoms with E-state index in [0.29, 0.717) is 17.1 Å². The molecule has 0 fully saturated rings. The van der Waals surface area contributed by atoms with E-state index < -0.39 is 11.7 Å². The molecule has 1 aromatic carbocycles. The minimum absolute atomic E-state index is 0.0978. The number of carbonyl (C=O) groups is 1. The molecule has 0 aliphatic heterocycles. The normalized spacial score (nSPS) is 10.3. The zero-order valence-electron chi connectivity index (χ0n) is 12.2. The summed E-state index contributed by atoms with van der Waals surface area (Å²) in [6, 6.07) is 9.15. The average molecular weight is 312 g/mol. The van der Waals surface area contributed by atoms with Gasteiger partial charge in [0.2, 0.25) is 0 Å². The van der Waals surface area contributed by atoms with Crippen LogP contribution in [-0.2, 0) is 0 Å². The van der Waals surface area contributed by atoms with Gasteiger partial charge >= 0.3 is 0 Å². The summed E-state index contributed by atoms with van der Waals surface area (Å²) in [5.41, 5.74) is 1.74. The van der Waals surface area contributed by atoms with Crippen molar-refractivity contribution < 1.29 is 13.9 Å². The molecule has 0 saturated carbocycles. The van der Waals surface area contributed by atoms with Gasteiger partial charge in [-0.1, -0.05) is 6.07 Å². The number of amides is 1. The molecule has 7 heteroatoms. The lowest BCUT2D eigenvalue weighted by Crippen LogP contribution is -2.13. The number of methoxy groups -OCH3 is 1. The fraction of sp³-hybridized carbons (Fsp3) is 0.0625. The van der Waals surface area contributed by atoms with Gasteiger partial charge in [-0.3, -0.25) is 14.9 Å². The second-order valence-corrected chi connectivity index (χ2v) is 4.67. The molecule has 6 nitrogen and oxygen atoms in total. The number of H-pyrrole nitrogens is 1. The lowest BCUT2D eigenvalue weighted by atomic mass is 10.1. The average Bonchev–Trinajstić information content (AvgIpc) is 3.03. The summed E-state index contributed by atoms with van der Waals surface area (Å²) < 4.78 is 18.5. The second-order valence-electron chi connectivity index (χ2n) is 4.67. The minimum atomic E-state index is -0.520. The largest absolute Gasteiger partial charge is 0.496 e. The van der Waals surface area contributed by atoms with Crippen molar-refractivity contribution in [3.8, 4) is 17.1 Å². The van der Waals surface area contributed by atoms with Crippen molar-refractivity contribution in [3.05, 3.63) is 60.2 Å². The molecule has 0 spiro atoms. The van der Waals surface area contributed by atoms with Crippen LogP contribution in [0.1, 0.15) is 10.4 Å². The highest BCUT2D eigenvalue weighted by Crippen LogP contribution is 2.25. The molecule has 0 aliphatic rings. The van der Waals surface area contributed by atoms with Crippen LogP contribution in [0, 0.1) is 5.82 Å². The molecule has 0 radical (unpaired) electrons. The quantitative estimate of drug-likeness (QED) is 0.776. The monoisotopic (exact) mass is 312 g/mol. The lowest BCUT2D eigenvalue weighted by Gasteiger charge is -2.09. The molecule has 0 bridgehead atoms. The highest BCUT2D eigenvalue weighted by Gasteiger charge is 2.17. The molecule has 1 amide bonds. The maximum absolute atomic E-state index is 13.4. The lowest BCUT2D eigenvalue weighted by molar-refractivity contribution is 0.102. The Morgan fingerprint density at radius 2 is 2.17 bits per heavy atom. The Kier molecular flexibility index (Phi) is 4.01. The molecular weight excluding hydrogens is 299 g/mol. The highest BCUT2D eigenvalue weighted by atomic mass is 19.1. The van der Waals surface area contributed by atoms with E-state index in [1.54, 1.807) is 18.3 Å². The number of anilines is 1. The minimum Gasteiger partial charge on any atom is -0.496 e. The van der Waals surface area contributed by atoms with Crippen LogP contribution < -0.4 is 10.1 Å². The van der Waals surface area contributed by atoms with E-state index >= 15 is 0 Å². The summed E-state index contributed by atoms with van der Waals surface area (Å²) in [6.45, 7) is 0. The van der Waals surface area contributed by atoms with E-state index in [9.17, 15) is 9.18 Å². The van der Waals surface area contributed by atoms with E-state index in [4.69, 9.17) is 4.74 Å². The van der Waals surface area contributed by atoms with Crippen molar-refractivity contribution in [3.63, 3.8) is 0 Å². The Labute approximate surface area is 131 Å². The van der Waals surface area contributed by atoms with Gasteiger partial charge in [0.15, 0.2) is 0 Å². The Balaban J connectivity index is 1.91. The summed E-state index contributed by atoms with van der Waals surface area (Å²) in [5, 5.41) is 9.39. The first-order chi connectivity index (χ1) is 11.2. The van der Waals surface area contributed by atoms with Gasteiger partial charge in [-0.15, -0.1) is 0 Å². The van der Waals surface area contributed by atoms with Crippen LogP contribution in [0.15, 0.2) is 48.8 Å². The molecule has 2 heterocycles. The standard InChI is InChI=1S/C16H13FN4O2/c1-23-14-6-5-10(17)8-11(14)16(22)20-13-9-19-21-15(13)12-4-2-3-7-18-12/h2-9H,1H3,(H,19,21)(H,20,22). The van der Waals surface area contributed by atoms with Crippen molar-refractivity contribution in [2.45, 2.75) is 0 Å². The van der Waals surface area contributed by atoms with Crippen molar-refractivity contribution in [2.24, 2.45) is 0 Å². The number of hydrogen-bond acceptors (Lipinski definition) is 4. The van der Waals surface area contributed by atoms with Gasteiger partial charge in [-0.25, -0.2) is 4.39 Å². The van der Waals surface area contributed by atoms with Gasteiger partial charge in [0.1, 0.15) is 17.3 Å². The molecule has 2 aromatic heterocycles. The zero-order valence-corrected chi connectivity index (χ0v) is 12.2. The first kappa shape index (κ1) is 14.7. The van der Waals surface area contributed by atoms with Crippen molar-refractivity contribution in [1.82, 2.24) is 15.2 Å². The van der Waals surface area contributed by atoms with Gasteiger partial charge in [0.25, 0.3) is 5.91 Å². The van der Waals surface area contributed by atoms with Crippen molar-refractivity contribution in [1.29, 1.82) is 0 Å². The maximum atomic E-state index is 13.4. The maximum Gasteiger partial charge on any atom is 0.259 e. The van der Waals surface area contributed by atoms with Crippen LogP contribution in [0.3, 0.4) is 0 Å². The number of nitrogens with zero attached hydrogens (tertiary/aromatic N) is 2. The summed E-state index contributed by atoms with van der Waals surface area (Å²) in [5.74, 6) is -0.736. The predicted octanol–water partition coefficient (Wildman–Crippen LogP) is 2.87. The molecule has 23 heavy (non-hydrogen) atoms. The van der Waals surface area contributed by atoms with Crippen LogP contribution in [0.4, 0.5) is 10.1 Å². The Morgan fingerprint density at radius 3 is 2.91 bits per heavy atom. The number of ether oxygens (including phenoxy) is 1. The van der Waals surface area contributed by atoms with Crippen LogP contribution in [0.5, 0.6) is 5.75 Å². The summed E-state index contributed by atoms with van der Waals surface area (Å²) in [6.07, 6.45) is 3.10. The van der Waals surface area contributed by atoms with Crippen molar-refractivity contribution >= 4 is 11.6 Å². The molecule has 0 unspecified atom stereocenters. The Bertz CT molecular complexity index is 833. The molecule has 0 saturated heterocycles. The van der Waals surface area contributed by atoms with E-state index in [-0.39, 0.29) is 11.3 Å². The molecule has 2 N–H and O–H groups in total. The fourth-order valence-electron chi connectivity index (χ4n) is 2.13. The Hall–Kier alpha value is -3.22. The topological polar surface area (TPSA) is 79.9 Å². The van der Waals surface area contributed by atoms with E-state index in [1.165, 1.54) is 25.4 Å². The third kappa shape index (κ3) is 3.03. The summed E-state index contributed by atoms with van der Waals surface area (Å²) in [4.78, 5) is 16.6. The molecule has 3 rings (SSSR count). The predicted molar refractivity (Wildman–Crippen MR) is 82.7 cm³/mol. The van der Waals surface area contributed by atoms with Gasteiger partial charge in [0.05, 0.1) is 30.3 Å². The van der Waals surface area contributed by atoms with Gasteiger partial charge in [0, 0.05) is 6.20 Å². The number of aromatic amines is 1. The number of rotatable bonds is 4. The smallest absolute Gasteiger partial charge is 0.259 e. The van der Waals surface area contributed by atoms with Crippen LogP contribution in [-0.4, -0.2) is 28.2 Å². The van der Waals surface area contributed by atoms with Crippen LogP contribution >= 0.6 is 0 Å². The third-order valence-electron chi connectivity index (χ3n) is 3.21. The van der Waals surface area contributed by atoms with Crippen LogP contribution in [0.25, 0.3) is 11.4 Å². The van der Waals surface area contributed by atoms with Gasteiger partial charge in [-0.05, 0) is 30.3 Å². The van der Waals surface area contributed by atoms with Crippen LogP contribution in [0.2, 0.25) is 0 Å². The SMILES string of the molecule is COc1ccc(F)cc1C(=O)Nc1cn[nH]c1-c1ccccn1. The number of carbonyl (C=O) groups excluding carboxylic acids is 1. The number of halogens is 1. The number of pyridine rings is 1.